The fraction of sp³-hybridized carbons (Fsp3) is 0.667. The van der Waals surface area contributed by atoms with Crippen molar-refractivity contribution in [2.24, 2.45) is 0 Å². The summed E-state index contributed by atoms with van der Waals surface area (Å²) in [4.78, 5) is 11.9. The molecule has 2 aromatic rings. The van der Waals surface area contributed by atoms with Crippen LogP contribution in [0.1, 0.15) is 37.7 Å². The summed E-state index contributed by atoms with van der Waals surface area (Å²) >= 11 is 6.12. The Labute approximate surface area is 201 Å². The first kappa shape index (κ1) is 22.9. The molecule has 3 aliphatic heterocycles. The maximum absolute atomic E-state index is 6.45. The lowest BCUT2D eigenvalue weighted by atomic mass is 9.96. The van der Waals surface area contributed by atoms with Crippen LogP contribution < -0.4 is 10.6 Å². The lowest BCUT2D eigenvalue weighted by Gasteiger charge is -2.47. The number of aromatic amines is 1. The Balaban J connectivity index is 1.25. The van der Waals surface area contributed by atoms with E-state index in [0.717, 1.165) is 57.1 Å². The topological polar surface area (TPSA) is 86.5 Å². The highest BCUT2D eigenvalue weighted by Crippen LogP contribution is 2.27. The summed E-state index contributed by atoms with van der Waals surface area (Å²) in [6.45, 7) is 7.18. The SMILES string of the molecule is Nc1nc(N2CCC(N3C[C@H](CN4CCCCC4)OC[C@@H]3Cc3ccc(Cl)cc3)CC2)n[nH]1. The second-order valence-electron chi connectivity index (χ2n) is 9.74. The molecule has 5 rings (SSSR count). The van der Waals surface area contributed by atoms with E-state index in [4.69, 9.17) is 22.1 Å². The molecule has 0 saturated carbocycles. The second kappa shape index (κ2) is 10.6. The Bertz CT molecular complexity index is 877. The van der Waals surface area contributed by atoms with Crippen LogP contribution in [0.25, 0.3) is 0 Å². The van der Waals surface area contributed by atoms with Gasteiger partial charge in [0.1, 0.15) is 0 Å². The van der Waals surface area contributed by atoms with E-state index < -0.39 is 0 Å². The van der Waals surface area contributed by atoms with Gasteiger partial charge in [-0.3, -0.25) is 4.90 Å². The van der Waals surface area contributed by atoms with Gasteiger partial charge < -0.3 is 20.3 Å². The van der Waals surface area contributed by atoms with Gasteiger partial charge in [-0.15, -0.1) is 5.10 Å². The van der Waals surface area contributed by atoms with Crippen molar-refractivity contribution in [2.45, 2.75) is 56.7 Å². The van der Waals surface area contributed by atoms with Gasteiger partial charge in [-0.05, 0) is 62.9 Å². The van der Waals surface area contributed by atoms with Gasteiger partial charge in [-0.2, -0.15) is 4.98 Å². The molecule has 1 aromatic carbocycles. The number of piperidine rings is 2. The first-order valence-electron chi connectivity index (χ1n) is 12.4. The lowest BCUT2D eigenvalue weighted by molar-refractivity contribution is -0.0921. The number of H-pyrrole nitrogens is 1. The van der Waals surface area contributed by atoms with Crippen LogP contribution >= 0.6 is 11.6 Å². The molecule has 1 aromatic heterocycles. The summed E-state index contributed by atoms with van der Waals surface area (Å²) in [7, 11) is 0. The zero-order valence-corrected chi connectivity index (χ0v) is 20.1. The molecular weight excluding hydrogens is 438 g/mol. The quantitative estimate of drug-likeness (QED) is 0.667. The van der Waals surface area contributed by atoms with Crippen LogP contribution in [0.15, 0.2) is 24.3 Å². The standard InChI is InChI=1S/C24H36ClN7O/c25-19-6-4-18(5-7-19)14-21-17-33-22(15-30-10-2-1-3-11-30)16-32(21)20-8-12-31(13-9-20)24-27-23(26)28-29-24/h4-7,20-22H,1-3,8-17H2,(H3,26,27,28,29)/t21-,22-/m0/s1. The third-order valence-electron chi connectivity index (χ3n) is 7.41. The van der Waals surface area contributed by atoms with E-state index in [1.807, 2.05) is 12.1 Å². The molecule has 3 N–H and O–H groups in total. The number of rotatable bonds is 6. The highest BCUT2D eigenvalue weighted by atomic mass is 35.5. The van der Waals surface area contributed by atoms with Crippen LogP contribution in [0.4, 0.5) is 11.9 Å². The van der Waals surface area contributed by atoms with Crippen molar-refractivity contribution in [3.8, 4) is 0 Å². The van der Waals surface area contributed by atoms with Gasteiger partial charge >= 0.3 is 0 Å². The zero-order chi connectivity index (χ0) is 22.6. The number of hydrogen-bond acceptors (Lipinski definition) is 7. The molecule has 3 fully saturated rings. The number of anilines is 2. The molecule has 3 saturated heterocycles. The highest BCUT2D eigenvalue weighted by molar-refractivity contribution is 6.30. The van der Waals surface area contributed by atoms with Crippen molar-refractivity contribution in [3.05, 3.63) is 34.9 Å². The van der Waals surface area contributed by atoms with Gasteiger partial charge in [-0.1, -0.05) is 30.2 Å². The number of ether oxygens (including phenoxy) is 1. The van der Waals surface area contributed by atoms with Crippen molar-refractivity contribution >= 4 is 23.5 Å². The molecule has 8 nitrogen and oxygen atoms in total. The number of aromatic nitrogens is 3. The Morgan fingerprint density at radius 3 is 2.52 bits per heavy atom. The van der Waals surface area contributed by atoms with E-state index in [1.165, 1.54) is 37.9 Å². The molecular formula is C24H36ClN7O. The molecule has 4 heterocycles. The third kappa shape index (κ3) is 5.80. The molecule has 33 heavy (non-hydrogen) atoms. The first-order valence-corrected chi connectivity index (χ1v) is 12.8. The molecule has 0 aliphatic carbocycles. The van der Waals surface area contributed by atoms with Crippen LogP contribution in [0.5, 0.6) is 0 Å². The summed E-state index contributed by atoms with van der Waals surface area (Å²) in [5.74, 6) is 1.09. The molecule has 9 heteroatoms. The second-order valence-corrected chi connectivity index (χ2v) is 10.2. The number of nitrogen functional groups attached to an aromatic ring is 1. The van der Waals surface area contributed by atoms with Gasteiger partial charge in [0.05, 0.1) is 12.7 Å². The fourth-order valence-corrected chi connectivity index (χ4v) is 5.77. The van der Waals surface area contributed by atoms with Gasteiger partial charge in [-0.25, -0.2) is 5.10 Å². The fourth-order valence-electron chi connectivity index (χ4n) is 5.64. The number of halogens is 1. The van der Waals surface area contributed by atoms with Gasteiger partial charge in [0.15, 0.2) is 0 Å². The number of nitrogens with two attached hydrogens (primary N) is 1. The number of likely N-dealkylation sites (tertiary alicyclic amines) is 1. The monoisotopic (exact) mass is 473 g/mol. The average Bonchev–Trinajstić information content (AvgIpc) is 3.28. The number of benzene rings is 1. The summed E-state index contributed by atoms with van der Waals surface area (Å²) in [6, 6.07) is 9.21. The minimum Gasteiger partial charge on any atom is -0.374 e. The van der Waals surface area contributed by atoms with Crippen molar-refractivity contribution in [3.63, 3.8) is 0 Å². The molecule has 0 radical (unpaired) electrons. The van der Waals surface area contributed by atoms with E-state index >= 15 is 0 Å². The van der Waals surface area contributed by atoms with Crippen molar-refractivity contribution in [2.75, 3.05) is 56.5 Å². The normalized spacial score (nSPS) is 26.0. The first-order chi connectivity index (χ1) is 16.1. The minimum absolute atomic E-state index is 0.287. The van der Waals surface area contributed by atoms with Crippen LogP contribution in [-0.4, -0.2) is 89.0 Å². The predicted molar refractivity (Wildman–Crippen MR) is 132 cm³/mol. The lowest BCUT2D eigenvalue weighted by Crippen LogP contribution is -2.59. The molecule has 0 spiro atoms. The molecule has 2 atom stereocenters. The minimum atomic E-state index is 0.287. The van der Waals surface area contributed by atoms with Crippen molar-refractivity contribution in [1.29, 1.82) is 0 Å². The van der Waals surface area contributed by atoms with E-state index in [9.17, 15) is 0 Å². The molecule has 3 aliphatic rings. The molecule has 0 unspecified atom stereocenters. The summed E-state index contributed by atoms with van der Waals surface area (Å²) in [5, 5.41) is 7.79. The van der Waals surface area contributed by atoms with Crippen LogP contribution in [-0.2, 0) is 11.2 Å². The summed E-state index contributed by atoms with van der Waals surface area (Å²) < 4.78 is 6.45. The Hall–Kier alpha value is -1.87. The summed E-state index contributed by atoms with van der Waals surface area (Å²) in [6.07, 6.45) is 7.48. The number of nitrogens with one attached hydrogen (secondary N) is 1. The molecule has 0 bridgehead atoms. The van der Waals surface area contributed by atoms with E-state index in [-0.39, 0.29) is 6.10 Å². The van der Waals surface area contributed by atoms with Crippen molar-refractivity contribution in [1.82, 2.24) is 25.0 Å². The van der Waals surface area contributed by atoms with Crippen LogP contribution in [0.3, 0.4) is 0 Å². The number of nitrogens with zero attached hydrogens (tertiary/aromatic N) is 5. The van der Waals surface area contributed by atoms with E-state index in [1.54, 1.807) is 0 Å². The maximum Gasteiger partial charge on any atom is 0.246 e. The van der Waals surface area contributed by atoms with Gasteiger partial charge in [0.2, 0.25) is 11.9 Å². The summed E-state index contributed by atoms with van der Waals surface area (Å²) in [5.41, 5.74) is 7.05. The van der Waals surface area contributed by atoms with Crippen LogP contribution in [0.2, 0.25) is 5.02 Å². The number of hydrogen-bond donors (Lipinski definition) is 2. The van der Waals surface area contributed by atoms with E-state index in [2.05, 4.69) is 42.0 Å². The van der Waals surface area contributed by atoms with E-state index in [0.29, 0.717) is 24.0 Å². The highest BCUT2D eigenvalue weighted by Gasteiger charge is 2.36. The third-order valence-corrected chi connectivity index (χ3v) is 7.66. The maximum atomic E-state index is 6.45. The van der Waals surface area contributed by atoms with Gasteiger partial charge in [0.25, 0.3) is 0 Å². The van der Waals surface area contributed by atoms with Gasteiger partial charge in [0, 0.05) is 43.3 Å². The average molecular weight is 474 g/mol. The number of morpholine rings is 1. The largest absolute Gasteiger partial charge is 0.374 e. The van der Waals surface area contributed by atoms with Crippen molar-refractivity contribution < 1.29 is 4.74 Å². The Kier molecular flexibility index (Phi) is 7.35. The Morgan fingerprint density at radius 1 is 1.06 bits per heavy atom. The molecule has 0 amide bonds. The zero-order valence-electron chi connectivity index (χ0n) is 19.3. The molecule has 180 valence electrons. The predicted octanol–water partition coefficient (Wildman–Crippen LogP) is 2.81. The Morgan fingerprint density at radius 2 is 1.82 bits per heavy atom. The smallest absolute Gasteiger partial charge is 0.246 e. The van der Waals surface area contributed by atoms with Crippen LogP contribution in [0, 0.1) is 0 Å².